The van der Waals surface area contributed by atoms with E-state index in [4.69, 9.17) is 0 Å². The number of hydrogen-bond acceptors (Lipinski definition) is 4. The average molecular weight is 450 g/mol. The second kappa shape index (κ2) is 10.4. The Morgan fingerprint density at radius 1 is 1.10 bits per heavy atom. The summed E-state index contributed by atoms with van der Waals surface area (Å²) >= 11 is 0. The number of amides is 2. The first-order chi connectivity index (χ1) is 14.6. The van der Waals surface area contributed by atoms with E-state index in [0.29, 0.717) is 6.42 Å². The molecule has 168 valence electrons. The van der Waals surface area contributed by atoms with Gasteiger partial charge in [0.15, 0.2) is 0 Å². The molecule has 0 heterocycles. The molecule has 0 bridgehead atoms. The molecule has 1 atom stereocenters. The van der Waals surface area contributed by atoms with E-state index in [1.807, 2.05) is 31.2 Å². The fourth-order valence-corrected chi connectivity index (χ4v) is 4.13. The number of carbonyl (C=O) groups excluding carboxylic acids is 2. The van der Waals surface area contributed by atoms with Crippen LogP contribution in [0.4, 0.5) is 10.1 Å². The van der Waals surface area contributed by atoms with E-state index in [1.54, 1.807) is 6.92 Å². The summed E-state index contributed by atoms with van der Waals surface area (Å²) in [5.41, 5.74) is 1.97. The molecule has 0 aromatic heterocycles. The van der Waals surface area contributed by atoms with Crippen molar-refractivity contribution in [1.29, 1.82) is 0 Å². The van der Waals surface area contributed by atoms with Crippen LogP contribution in [0.1, 0.15) is 24.5 Å². The number of benzene rings is 2. The van der Waals surface area contributed by atoms with Gasteiger partial charge in [-0.2, -0.15) is 0 Å². The number of hydrogen-bond donors (Lipinski definition) is 1. The van der Waals surface area contributed by atoms with Crippen molar-refractivity contribution in [2.75, 3.05) is 24.2 Å². The van der Waals surface area contributed by atoms with Crippen LogP contribution < -0.4 is 9.62 Å². The minimum Gasteiger partial charge on any atom is -0.357 e. The molecule has 0 saturated heterocycles. The van der Waals surface area contributed by atoms with Gasteiger partial charge in [-0.05, 0) is 48.7 Å². The molecule has 1 unspecified atom stereocenters. The van der Waals surface area contributed by atoms with E-state index in [2.05, 4.69) is 5.32 Å². The Hall–Kier alpha value is -2.94. The lowest BCUT2D eigenvalue weighted by Gasteiger charge is -2.33. The zero-order valence-corrected chi connectivity index (χ0v) is 18.9. The second-order valence-electron chi connectivity index (χ2n) is 7.23. The van der Waals surface area contributed by atoms with Gasteiger partial charge in [0.05, 0.1) is 11.9 Å². The van der Waals surface area contributed by atoms with Gasteiger partial charge in [-0.3, -0.25) is 13.9 Å². The molecule has 0 saturated carbocycles. The fraction of sp³-hybridized carbons (Fsp3) is 0.364. The minimum absolute atomic E-state index is 0.151. The lowest BCUT2D eigenvalue weighted by atomic mass is 10.1. The third-order valence-electron chi connectivity index (χ3n) is 5.03. The van der Waals surface area contributed by atoms with Crippen molar-refractivity contribution < 1.29 is 22.4 Å². The summed E-state index contributed by atoms with van der Waals surface area (Å²) in [6.45, 7) is 3.33. The van der Waals surface area contributed by atoms with Gasteiger partial charge < -0.3 is 10.2 Å². The fourth-order valence-electron chi connectivity index (χ4n) is 3.28. The van der Waals surface area contributed by atoms with Crippen LogP contribution in [-0.4, -0.2) is 51.0 Å². The highest BCUT2D eigenvalue weighted by Crippen LogP contribution is 2.20. The zero-order valence-electron chi connectivity index (χ0n) is 18.1. The topological polar surface area (TPSA) is 86.8 Å². The van der Waals surface area contributed by atoms with Gasteiger partial charge >= 0.3 is 0 Å². The second-order valence-corrected chi connectivity index (χ2v) is 9.14. The van der Waals surface area contributed by atoms with E-state index in [-0.39, 0.29) is 18.1 Å². The average Bonchev–Trinajstić information content (AvgIpc) is 2.72. The van der Waals surface area contributed by atoms with E-state index in [1.165, 1.54) is 24.1 Å². The predicted molar refractivity (Wildman–Crippen MR) is 118 cm³/mol. The number of rotatable bonds is 9. The molecule has 0 fully saturated rings. The predicted octanol–water partition coefficient (Wildman–Crippen LogP) is 2.45. The number of halogens is 1. The van der Waals surface area contributed by atoms with Crippen LogP contribution in [0, 0.1) is 12.7 Å². The molecule has 2 amide bonds. The molecule has 7 nitrogen and oxygen atoms in total. The number of aryl methyl sites for hydroxylation is 1. The summed E-state index contributed by atoms with van der Waals surface area (Å²) < 4.78 is 39.0. The molecule has 0 aliphatic carbocycles. The lowest BCUT2D eigenvalue weighted by molar-refractivity contribution is -0.140. The van der Waals surface area contributed by atoms with Crippen LogP contribution in [0.15, 0.2) is 48.5 Å². The first-order valence-electron chi connectivity index (χ1n) is 9.87. The third kappa shape index (κ3) is 6.27. The Kier molecular flexibility index (Phi) is 8.15. The highest BCUT2D eigenvalue weighted by molar-refractivity contribution is 7.92. The Balaban J connectivity index is 2.43. The first kappa shape index (κ1) is 24.3. The van der Waals surface area contributed by atoms with Crippen molar-refractivity contribution in [3.05, 3.63) is 65.5 Å². The Morgan fingerprint density at radius 2 is 1.71 bits per heavy atom. The first-order valence-corrected chi connectivity index (χ1v) is 11.7. The van der Waals surface area contributed by atoms with Crippen LogP contribution in [0.25, 0.3) is 0 Å². The number of anilines is 1. The van der Waals surface area contributed by atoms with E-state index in [0.717, 1.165) is 33.8 Å². The third-order valence-corrected chi connectivity index (χ3v) is 6.17. The van der Waals surface area contributed by atoms with E-state index in [9.17, 15) is 22.4 Å². The maximum atomic E-state index is 13.3. The Labute approximate surface area is 182 Å². The maximum absolute atomic E-state index is 13.3. The minimum atomic E-state index is -3.84. The van der Waals surface area contributed by atoms with Gasteiger partial charge in [-0.15, -0.1) is 0 Å². The van der Waals surface area contributed by atoms with Gasteiger partial charge in [0.25, 0.3) is 0 Å². The molecule has 2 aromatic rings. The zero-order chi connectivity index (χ0) is 23.2. The normalized spacial score (nSPS) is 12.2. The Morgan fingerprint density at radius 3 is 2.23 bits per heavy atom. The summed E-state index contributed by atoms with van der Waals surface area (Å²) in [5, 5.41) is 2.57. The molecule has 0 radical (unpaired) electrons. The molecule has 0 spiro atoms. The number of nitrogens with one attached hydrogen (secondary N) is 1. The van der Waals surface area contributed by atoms with Crippen molar-refractivity contribution in [3.8, 4) is 0 Å². The van der Waals surface area contributed by atoms with Crippen molar-refractivity contribution in [2.24, 2.45) is 0 Å². The van der Waals surface area contributed by atoms with Gasteiger partial charge in [-0.25, -0.2) is 12.8 Å². The van der Waals surface area contributed by atoms with Gasteiger partial charge in [0.1, 0.15) is 18.4 Å². The van der Waals surface area contributed by atoms with Gasteiger partial charge in [0, 0.05) is 13.6 Å². The van der Waals surface area contributed by atoms with Crippen LogP contribution in [-0.2, 0) is 26.2 Å². The van der Waals surface area contributed by atoms with Gasteiger partial charge in [-0.1, -0.05) is 31.2 Å². The van der Waals surface area contributed by atoms with E-state index < -0.39 is 34.3 Å². The quantitative estimate of drug-likeness (QED) is 0.637. The molecule has 9 heteroatoms. The Bertz CT molecular complexity index is 1030. The summed E-state index contributed by atoms with van der Waals surface area (Å²) in [6, 6.07) is 11.6. The molecule has 2 aromatic carbocycles. The monoisotopic (exact) mass is 449 g/mol. The molecule has 0 aliphatic rings. The van der Waals surface area contributed by atoms with Gasteiger partial charge in [0.2, 0.25) is 21.8 Å². The molecule has 1 N–H and O–H groups in total. The molecular weight excluding hydrogens is 421 g/mol. The molecule has 0 aliphatic heterocycles. The van der Waals surface area contributed by atoms with Crippen LogP contribution in [0.2, 0.25) is 0 Å². The summed E-state index contributed by atoms with van der Waals surface area (Å²) in [5.74, 6) is -1.39. The van der Waals surface area contributed by atoms with Crippen LogP contribution in [0.3, 0.4) is 0 Å². The van der Waals surface area contributed by atoms with Crippen LogP contribution in [0.5, 0.6) is 0 Å². The number of carbonyl (C=O) groups is 2. The maximum Gasteiger partial charge on any atom is 0.244 e. The lowest BCUT2D eigenvalue weighted by Crippen LogP contribution is -2.51. The highest BCUT2D eigenvalue weighted by Gasteiger charge is 2.31. The largest absolute Gasteiger partial charge is 0.357 e. The number of nitrogens with zero attached hydrogens (tertiary/aromatic N) is 2. The van der Waals surface area contributed by atoms with Crippen molar-refractivity contribution in [3.63, 3.8) is 0 Å². The number of likely N-dealkylation sites (N-methyl/N-ethyl adjacent to an activating group) is 1. The summed E-state index contributed by atoms with van der Waals surface area (Å²) in [7, 11) is -2.35. The molecular formula is C22H28FN3O4S. The van der Waals surface area contributed by atoms with Crippen molar-refractivity contribution in [2.45, 2.75) is 32.9 Å². The standard InChI is InChI=1S/C22H28FN3O4S/c1-5-20(22(28)24-3)25(14-17-9-7-6-8-16(17)2)21(27)15-26(31(4,29)30)19-12-10-18(23)11-13-19/h6-13,20H,5,14-15H2,1-4H3,(H,24,28). The highest BCUT2D eigenvalue weighted by atomic mass is 32.2. The SMILES string of the molecule is CCC(C(=O)NC)N(Cc1ccccc1C)C(=O)CN(c1ccc(F)cc1)S(C)(=O)=O. The van der Waals surface area contributed by atoms with Crippen molar-refractivity contribution in [1.82, 2.24) is 10.2 Å². The van der Waals surface area contributed by atoms with Crippen molar-refractivity contribution >= 4 is 27.5 Å². The number of sulfonamides is 1. The molecule has 2 rings (SSSR count). The summed E-state index contributed by atoms with van der Waals surface area (Å²) in [6.07, 6.45) is 1.33. The molecule has 31 heavy (non-hydrogen) atoms. The summed E-state index contributed by atoms with van der Waals surface area (Å²) in [4.78, 5) is 27.2. The van der Waals surface area contributed by atoms with Crippen LogP contribution >= 0.6 is 0 Å². The van der Waals surface area contributed by atoms with E-state index >= 15 is 0 Å². The smallest absolute Gasteiger partial charge is 0.244 e.